The van der Waals surface area contributed by atoms with Gasteiger partial charge in [-0.15, -0.1) is 12.4 Å². The quantitative estimate of drug-likeness (QED) is 0.865. The van der Waals surface area contributed by atoms with E-state index < -0.39 is 0 Å². The molecule has 0 bridgehead atoms. The Kier molecular flexibility index (Phi) is 4.40. The second kappa shape index (κ2) is 5.59. The van der Waals surface area contributed by atoms with E-state index >= 15 is 0 Å². The number of hydrogen-bond donors (Lipinski definition) is 1. The Labute approximate surface area is 95.7 Å². The van der Waals surface area contributed by atoms with Gasteiger partial charge in [-0.2, -0.15) is 0 Å². The van der Waals surface area contributed by atoms with Crippen LogP contribution < -0.4 is 5.32 Å². The van der Waals surface area contributed by atoms with Crippen LogP contribution in [0.2, 0.25) is 0 Å². The molecule has 1 aromatic heterocycles. The van der Waals surface area contributed by atoms with Gasteiger partial charge in [0.2, 0.25) is 0 Å². The molecule has 1 heterocycles. The molecular weight excluding hydrogens is 210 g/mol. The molecule has 1 aromatic carbocycles. The van der Waals surface area contributed by atoms with Crippen molar-refractivity contribution >= 4 is 12.4 Å². The molecule has 0 saturated carbocycles. The lowest BCUT2D eigenvalue weighted by Gasteiger charge is -1.96. The SMILES string of the molecule is CNCc1ccc(-c2ccccc2)o1.Cl. The first-order valence-electron chi connectivity index (χ1n) is 4.69. The van der Waals surface area contributed by atoms with Crippen LogP contribution in [0.5, 0.6) is 0 Å². The molecular formula is C12H14ClNO. The third-order valence-electron chi connectivity index (χ3n) is 2.07. The maximum absolute atomic E-state index is 5.65. The number of halogens is 1. The van der Waals surface area contributed by atoms with Crippen LogP contribution in [-0.2, 0) is 6.54 Å². The van der Waals surface area contributed by atoms with Gasteiger partial charge in [0, 0.05) is 5.56 Å². The second-order valence-electron chi connectivity index (χ2n) is 3.16. The van der Waals surface area contributed by atoms with Crippen molar-refractivity contribution in [1.29, 1.82) is 0 Å². The summed E-state index contributed by atoms with van der Waals surface area (Å²) >= 11 is 0. The summed E-state index contributed by atoms with van der Waals surface area (Å²) in [5.41, 5.74) is 1.12. The summed E-state index contributed by atoms with van der Waals surface area (Å²) in [6, 6.07) is 14.1. The molecule has 2 aromatic rings. The van der Waals surface area contributed by atoms with Crippen molar-refractivity contribution in [2.75, 3.05) is 7.05 Å². The number of furan rings is 1. The summed E-state index contributed by atoms with van der Waals surface area (Å²) in [7, 11) is 1.91. The Morgan fingerprint density at radius 2 is 1.80 bits per heavy atom. The largest absolute Gasteiger partial charge is 0.460 e. The molecule has 0 amide bonds. The van der Waals surface area contributed by atoms with Crippen molar-refractivity contribution in [3.8, 4) is 11.3 Å². The number of benzene rings is 1. The summed E-state index contributed by atoms with van der Waals surface area (Å²) in [6.45, 7) is 0.771. The highest BCUT2D eigenvalue weighted by molar-refractivity contribution is 5.85. The average molecular weight is 224 g/mol. The zero-order valence-corrected chi connectivity index (χ0v) is 9.38. The van der Waals surface area contributed by atoms with Gasteiger partial charge in [0.05, 0.1) is 6.54 Å². The van der Waals surface area contributed by atoms with Gasteiger partial charge in [0.25, 0.3) is 0 Å². The van der Waals surface area contributed by atoms with E-state index in [1.54, 1.807) is 0 Å². The van der Waals surface area contributed by atoms with E-state index in [0.29, 0.717) is 0 Å². The fourth-order valence-corrected chi connectivity index (χ4v) is 1.40. The third-order valence-corrected chi connectivity index (χ3v) is 2.07. The maximum Gasteiger partial charge on any atom is 0.134 e. The molecule has 1 N–H and O–H groups in total. The molecule has 0 radical (unpaired) electrons. The van der Waals surface area contributed by atoms with Crippen LogP contribution in [0, 0.1) is 0 Å². The predicted molar refractivity (Wildman–Crippen MR) is 64.2 cm³/mol. The van der Waals surface area contributed by atoms with Crippen LogP contribution in [0.1, 0.15) is 5.76 Å². The van der Waals surface area contributed by atoms with Crippen LogP contribution in [0.25, 0.3) is 11.3 Å². The average Bonchev–Trinajstić information content (AvgIpc) is 2.68. The van der Waals surface area contributed by atoms with Crippen LogP contribution in [0.4, 0.5) is 0 Å². The fraction of sp³-hybridized carbons (Fsp3) is 0.167. The molecule has 0 aliphatic rings. The van der Waals surface area contributed by atoms with E-state index in [2.05, 4.69) is 5.32 Å². The lowest BCUT2D eigenvalue weighted by molar-refractivity contribution is 0.507. The molecule has 2 nitrogen and oxygen atoms in total. The molecule has 0 saturated heterocycles. The first-order valence-corrected chi connectivity index (χ1v) is 4.69. The lowest BCUT2D eigenvalue weighted by atomic mass is 10.2. The topological polar surface area (TPSA) is 25.2 Å². The summed E-state index contributed by atoms with van der Waals surface area (Å²) in [6.07, 6.45) is 0. The van der Waals surface area contributed by atoms with Gasteiger partial charge in [-0.1, -0.05) is 30.3 Å². The number of rotatable bonds is 3. The molecule has 0 unspecified atom stereocenters. The molecule has 3 heteroatoms. The minimum Gasteiger partial charge on any atom is -0.460 e. The number of nitrogens with one attached hydrogen (secondary N) is 1. The minimum absolute atomic E-state index is 0. The molecule has 0 spiro atoms. The smallest absolute Gasteiger partial charge is 0.134 e. The van der Waals surface area contributed by atoms with Crippen LogP contribution in [-0.4, -0.2) is 7.05 Å². The van der Waals surface area contributed by atoms with E-state index in [9.17, 15) is 0 Å². The monoisotopic (exact) mass is 223 g/mol. The molecule has 0 aliphatic carbocycles. The molecule has 0 fully saturated rings. The first kappa shape index (κ1) is 11.8. The van der Waals surface area contributed by atoms with Gasteiger partial charge in [0.15, 0.2) is 0 Å². The van der Waals surface area contributed by atoms with Crippen molar-refractivity contribution < 1.29 is 4.42 Å². The van der Waals surface area contributed by atoms with Gasteiger partial charge in [-0.3, -0.25) is 0 Å². The van der Waals surface area contributed by atoms with Gasteiger partial charge >= 0.3 is 0 Å². The highest BCUT2D eigenvalue weighted by Crippen LogP contribution is 2.21. The number of hydrogen-bond acceptors (Lipinski definition) is 2. The maximum atomic E-state index is 5.65. The first-order chi connectivity index (χ1) is 6.90. The van der Waals surface area contributed by atoms with Crippen LogP contribution in [0.15, 0.2) is 46.9 Å². The Bertz CT molecular complexity index is 397. The highest BCUT2D eigenvalue weighted by atomic mass is 35.5. The van der Waals surface area contributed by atoms with Gasteiger partial charge < -0.3 is 9.73 Å². The third kappa shape index (κ3) is 2.85. The van der Waals surface area contributed by atoms with Crippen molar-refractivity contribution in [2.24, 2.45) is 0 Å². The van der Waals surface area contributed by atoms with Crippen molar-refractivity contribution in [1.82, 2.24) is 5.32 Å². The van der Waals surface area contributed by atoms with Crippen molar-refractivity contribution in [3.63, 3.8) is 0 Å². The Hall–Kier alpha value is -1.25. The Morgan fingerprint density at radius 3 is 2.47 bits per heavy atom. The normalized spacial score (nSPS) is 9.67. The molecule has 80 valence electrons. The predicted octanol–water partition coefficient (Wildman–Crippen LogP) is 3.09. The minimum atomic E-state index is 0. The van der Waals surface area contributed by atoms with Crippen molar-refractivity contribution in [2.45, 2.75) is 6.54 Å². The molecule has 15 heavy (non-hydrogen) atoms. The van der Waals surface area contributed by atoms with Gasteiger partial charge in [0.1, 0.15) is 11.5 Å². The van der Waals surface area contributed by atoms with Crippen molar-refractivity contribution in [3.05, 3.63) is 48.2 Å². The van der Waals surface area contributed by atoms with E-state index in [1.165, 1.54) is 0 Å². The van der Waals surface area contributed by atoms with Gasteiger partial charge in [-0.25, -0.2) is 0 Å². The second-order valence-corrected chi connectivity index (χ2v) is 3.16. The van der Waals surface area contributed by atoms with Crippen LogP contribution >= 0.6 is 12.4 Å². The summed E-state index contributed by atoms with van der Waals surface area (Å²) in [5.74, 6) is 1.89. The molecule has 0 atom stereocenters. The fourth-order valence-electron chi connectivity index (χ4n) is 1.40. The summed E-state index contributed by atoms with van der Waals surface area (Å²) in [4.78, 5) is 0. The van der Waals surface area contributed by atoms with E-state index in [1.807, 2.05) is 49.5 Å². The Balaban J connectivity index is 0.00000112. The van der Waals surface area contributed by atoms with E-state index in [0.717, 1.165) is 23.6 Å². The summed E-state index contributed by atoms with van der Waals surface area (Å²) in [5, 5.41) is 3.06. The summed E-state index contributed by atoms with van der Waals surface area (Å²) < 4.78 is 5.65. The standard InChI is InChI=1S/C12H13NO.ClH/c1-13-9-11-7-8-12(14-11)10-5-3-2-4-6-10;/h2-8,13H,9H2,1H3;1H. The van der Waals surface area contributed by atoms with Gasteiger partial charge in [-0.05, 0) is 19.2 Å². The molecule has 0 aliphatic heterocycles. The zero-order valence-electron chi connectivity index (χ0n) is 8.57. The highest BCUT2D eigenvalue weighted by Gasteiger charge is 2.02. The zero-order chi connectivity index (χ0) is 9.80. The lowest BCUT2D eigenvalue weighted by Crippen LogP contribution is -2.03. The van der Waals surface area contributed by atoms with E-state index in [4.69, 9.17) is 4.42 Å². The molecule has 2 rings (SSSR count). The van der Waals surface area contributed by atoms with Crippen LogP contribution in [0.3, 0.4) is 0 Å². The Morgan fingerprint density at radius 1 is 1.07 bits per heavy atom. The van der Waals surface area contributed by atoms with E-state index in [-0.39, 0.29) is 12.4 Å².